The van der Waals surface area contributed by atoms with E-state index in [2.05, 4.69) is 10.0 Å². The molecule has 0 aromatic rings. The van der Waals surface area contributed by atoms with Crippen molar-refractivity contribution in [3.8, 4) is 0 Å². The third kappa shape index (κ3) is 7.98. The first-order valence-corrected chi connectivity index (χ1v) is 5.77. The van der Waals surface area contributed by atoms with Crippen molar-refractivity contribution >= 4 is 11.9 Å². The van der Waals surface area contributed by atoms with Crippen molar-refractivity contribution in [3.63, 3.8) is 0 Å². The highest BCUT2D eigenvalue weighted by Crippen LogP contribution is 2.08. The van der Waals surface area contributed by atoms with E-state index in [1.807, 2.05) is 6.92 Å². The van der Waals surface area contributed by atoms with Crippen LogP contribution in [0.3, 0.4) is 0 Å². The fourth-order valence-electron chi connectivity index (χ4n) is 1.45. The molecule has 2 atom stereocenters. The first kappa shape index (κ1) is 17.2. The summed E-state index contributed by atoms with van der Waals surface area (Å²) in [7, 11) is 0. The van der Waals surface area contributed by atoms with Crippen LogP contribution >= 0.6 is 0 Å². The molecule has 19 heavy (non-hydrogen) atoms. The summed E-state index contributed by atoms with van der Waals surface area (Å²) in [6.45, 7) is 2.96. The molecule has 1 fully saturated rings. The van der Waals surface area contributed by atoms with Gasteiger partial charge in [0.25, 0.3) is 0 Å². The molecule has 9 nitrogen and oxygen atoms in total. The Labute approximate surface area is 110 Å². The summed E-state index contributed by atoms with van der Waals surface area (Å²) >= 11 is 0. The molecule has 1 aliphatic heterocycles. The Morgan fingerprint density at radius 1 is 1.68 bits per heavy atom. The fraction of sp³-hybridized carbons (Fsp3) is 0.800. The molecule has 9 heteroatoms. The lowest BCUT2D eigenvalue weighted by atomic mass is 10.3. The third-order valence-corrected chi connectivity index (χ3v) is 2.34. The number of aliphatic carboxylic acids is 1. The van der Waals surface area contributed by atoms with Crippen LogP contribution in [0.4, 0.5) is 0 Å². The second-order valence-corrected chi connectivity index (χ2v) is 3.96. The van der Waals surface area contributed by atoms with Crippen LogP contribution in [0, 0.1) is 0 Å². The number of β-amino-alcohol motifs (C(OH)–C–C–N with tert-alkyl or cyclic N) is 1. The van der Waals surface area contributed by atoms with E-state index in [1.54, 1.807) is 4.90 Å². The summed E-state index contributed by atoms with van der Waals surface area (Å²) in [5.74, 6) is -1.04. The normalized spacial score (nSPS) is 19.2. The molecule has 0 aromatic heterocycles. The van der Waals surface area contributed by atoms with Gasteiger partial charge < -0.3 is 20.2 Å². The largest absolute Gasteiger partial charge is 0.481 e. The average Bonchev–Trinajstić information content (AvgIpc) is 2.65. The molecular formula is C10H18N4O5. The Hall–Kier alpha value is -1.83. The van der Waals surface area contributed by atoms with E-state index in [0.717, 1.165) is 6.54 Å². The van der Waals surface area contributed by atoms with Crippen molar-refractivity contribution < 1.29 is 24.9 Å². The summed E-state index contributed by atoms with van der Waals surface area (Å²) in [6.07, 6.45) is -1.57. The number of likely N-dealkylation sites (tertiary alicyclic amines) is 1. The molecule has 1 amide bonds. The number of carbonyl (C=O) groups is 2. The van der Waals surface area contributed by atoms with E-state index in [9.17, 15) is 9.59 Å². The summed E-state index contributed by atoms with van der Waals surface area (Å²) < 4.78 is 0. The smallest absolute Gasteiger partial charge is 0.305 e. The Balaban J connectivity index is 0.000000342. The van der Waals surface area contributed by atoms with E-state index in [0.29, 0.717) is 13.0 Å². The minimum atomic E-state index is -1.11. The van der Waals surface area contributed by atoms with Crippen molar-refractivity contribution in [2.45, 2.75) is 32.0 Å². The molecule has 1 heterocycles. The molecule has 1 rings (SSSR count). The van der Waals surface area contributed by atoms with Gasteiger partial charge in [-0.2, -0.15) is 0 Å². The molecule has 0 radical (unpaired) electrons. The zero-order valence-electron chi connectivity index (χ0n) is 10.6. The second kappa shape index (κ2) is 9.15. The lowest BCUT2D eigenvalue weighted by Gasteiger charge is -2.10. The van der Waals surface area contributed by atoms with Crippen LogP contribution in [0.2, 0.25) is 0 Å². The fourth-order valence-corrected chi connectivity index (χ4v) is 1.45. The van der Waals surface area contributed by atoms with E-state index in [4.69, 9.17) is 20.9 Å². The van der Waals surface area contributed by atoms with Crippen LogP contribution in [0.15, 0.2) is 5.11 Å². The maximum Gasteiger partial charge on any atom is 0.305 e. The molecule has 108 valence electrons. The third-order valence-electron chi connectivity index (χ3n) is 2.34. The highest BCUT2D eigenvalue weighted by molar-refractivity contribution is 5.78. The second-order valence-electron chi connectivity index (χ2n) is 3.96. The van der Waals surface area contributed by atoms with Crippen molar-refractivity contribution in [1.82, 2.24) is 4.90 Å². The Bertz CT molecular complexity index is 352. The Morgan fingerprint density at radius 2 is 2.32 bits per heavy atom. The first-order valence-electron chi connectivity index (χ1n) is 5.77. The SMILES string of the molecule is CCN1C[C@@H](O)CC1=O.[N-]=[N+]=NC[C@@H](O)CC(=O)O. The maximum absolute atomic E-state index is 10.8. The number of rotatable bonds is 5. The van der Waals surface area contributed by atoms with Crippen LogP contribution in [0.1, 0.15) is 19.8 Å². The highest BCUT2D eigenvalue weighted by Gasteiger charge is 2.25. The monoisotopic (exact) mass is 274 g/mol. The Kier molecular flexibility index (Phi) is 8.27. The van der Waals surface area contributed by atoms with Gasteiger partial charge in [-0.25, -0.2) is 0 Å². The zero-order valence-corrected chi connectivity index (χ0v) is 10.6. The molecular weight excluding hydrogens is 256 g/mol. The Morgan fingerprint density at radius 3 is 2.63 bits per heavy atom. The standard InChI is InChI=1S/C6H11NO2.C4H7N3O3/c1-2-7-4-5(8)3-6(7)9;5-7-6-2-3(8)1-4(9)10/h5,8H,2-4H2,1H3;3,8H,1-2H2,(H,9,10)/t5-;3-/m00/s1. The summed E-state index contributed by atoms with van der Waals surface area (Å²) in [5, 5.41) is 28.7. The number of hydrogen-bond acceptors (Lipinski definition) is 5. The van der Waals surface area contributed by atoms with Crippen LogP contribution in [0.25, 0.3) is 10.4 Å². The highest BCUT2D eigenvalue weighted by atomic mass is 16.4. The summed E-state index contributed by atoms with van der Waals surface area (Å²) in [5.41, 5.74) is 7.75. The average molecular weight is 274 g/mol. The minimum absolute atomic E-state index is 0.0741. The van der Waals surface area contributed by atoms with Crippen molar-refractivity contribution in [1.29, 1.82) is 0 Å². The number of hydrogen-bond donors (Lipinski definition) is 3. The van der Waals surface area contributed by atoms with Gasteiger partial charge in [0.2, 0.25) is 5.91 Å². The molecule has 3 N–H and O–H groups in total. The van der Waals surface area contributed by atoms with Gasteiger partial charge >= 0.3 is 5.97 Å². The van der Waals surface area contributed by atoms with E-state index < -0.39 is 18.2 Å². The number of amides is 1. The summed E-state index contributed by atoms with van der Waals surface area (Å²) in [4.78, 5) is 24.7. The molecule has 1 aliphatic rings. The van der Waals surface area contributed by atoms with Gasteiger partial charge in [0.05, 0.1) is 31.6 Å². The topological polar surface area (TPSA) is 147 Å². The van der Waals surface area contributed by atoms with Crippen LogP contribution < -0.4 is 0 Å². The molecule has 0 spiro atoms. The number of aliphatic hydroxyl groups excluding tert-OH is 2. The van der Waals surface area contributed by atoms with Crippen molar-refractivity contribution in [3.05, 3.63) is 10.4 Å². The number of azide groups is 1. The molecule has 1 saturated heterocycles. The first-order chi connectivity index (χ1) is 8.90. The van der Waals surface area contributed by atoms with Crippen LogP contribution in [0.5, 0.6) is 0 Å². The van der Waals surface area contributed by atoms with E-state index in [-0.39, 0.29) is 18.9 Å². The van der Waals surface area contributed by atoms with Crippen LogP contribution in [-0.2, 0) is 9.59 Å². The predicted octanol–water partition coefficient (Wildman–Crippen LogP) is -0.268. The maximum atomic E-state index is 10.8. The molecule has 0 aromatic carbocycles. The number of likely N-dealkylation sites (N-methyl/N-ethyl adjacent to an activating group) is 1. The number of aliphatic hydroxyl groups is 2. The molecule has 0 saturated carbocycles. The number of carboxylic acid groups (broad SMARTS) is 1. The van der Waals surface area contributed by atoms with Gasteiger partial charge in [-0.1, -0.05) is 5.11 Å². The lowest BCUT2D eigenvalue weighted by Crippen LogP contribution is -2.25. The lowest BCUT2D eigenvalue weighted by molar-refractivity contribution is -0.139. The van der Waals surface area contributed by atoms with E-state index >= 15 is 0 Å². The van der Waals surface area contributed by atoms with Gasteiger partial charge in [-0.15, -0.1) is 0 Å². The van der Waals surface area contributed by atoms with Crippen molar-refractivity contribution in [2.24, 2.45) is 5.11 Å². The predicted molar refractivity (Wildman–Crippen MR) is 65.2 cm³/mol. The van der Waals surface area contributed by atoms with Gasteiger partial charge in [-0.05, 0) is 12.5 Å². The van der Waals surface area contributed by atoms with Crippen LogP contribution in [-0.4, -0.2) is 63.9 Å². The van der Waals surface area contributed by atoms with Crippen molar-refractivity contribution in [2.75, 3.05) is 19.6 Å². The molecule has 0 unspecified atom stereocenters. The number of carboxylic acids is 1. The summed E-state index contributed by atoms with van der Waals surface area (Å²) in [6, 6.07) is 0. The van der Waals surface area contributed by atoms with Gasteiger partial charge in [-0.3, -0.25) is 9.59 Å². The van der Waals surface area contributed by atoms with Gasteiger partial charge in [0, 0.05) is 18.0 Å². The number of nitrogens with zero attached hydrogens (tertiary/aromatic N) is 4. The minimum Gasteiger partial charge on any atom is -0.481 e. The molecule has 0 bridgehead atoms. The quantitative estimate of drug-likeness (QED) is 0.358. The van der Waals surface area contributed by atoms with Gasteiger partial charge in [0.1, 0.15) is 0 Å². The molecule has 0 aliphatic carbocycles. The van der Waals surface area contributed by atoms with Gasteiger partial charge in [0.15, 0.2) is 0 Å². The van der Waals surface area contributed by atoms with E-state index in [1.165, 1.54) is 0 Å². The number of carbonyl (C=O) groups excluding carboxylic acids is 1. The zero-order chi connectivity index (χ0) is 14.8.